The number of hydrogen-bond acceptors (Lipinski definition) is 5. The van der Waals surface area contributed by atoms with E-state index in [4.69, 9.17) is 14.2 Å². The van der Waals surface area contributed by atoms with Crippen LogP contribution in [-0.2, 0) is 14.3 Å². The van der Waals surface area contributed by atoms with Crippen molar-refractivity contribution in [1.29, 1.82) is 0 Å². The van der Waals surface area contributed by atoms with Crippen molar-refractivity contribution in [3.8, 4) is 5.75 Å². The van der Waals surface area contributed by atoms with E-state index in [2.05, 4.69) is 6.92 Å². The van der Waals surface area contributed by atoms with Gasteiger partial charge in [-0.3, -0.25) is 4.79 Å². The van der Waals surface area contributed by atoms with Crippen molar-refractivity contribution in [2.45, 2.75) is 65.4 Å². The molecule has 0 aliphatic heterocycles. The first-order valence-electron chi connectivity index (χ1n) is 9.59. The van der Waals surface area contributed by atoms with Gasteiger partial charge in [-0.1, -0.05) is 13.3 Å². The lowest BCUT2D eigenvalue weighted by Gasteiger charge is -2.35. The number of carbonyl (C=O) groups excluding carboxylic acids is 2. The lowest BCUT2D eigenvalue weighted by Crippen LogP contribution is -2.37. The van der Waals surface area contributed by atoms with Gasteiger partial charge in [-0.05, 0) is 70.2 Å². The maximum Gasteiger partial charge on any atom is 0.338 e. The summed E-state index contributed by atoms with van der Waals surface area (Å²) in [7, 11) is 0. The largest absolute Gasteiger partial charge is 0.490 e. The fourth-order valence-corrected chi connectivity index (χ4v) is 3.11. The van der Waals surface area contributed by atoms with Gasteiger partial charge in [0, 0.05) is 0 Å². The first kappa shape index (κ1) is 20.3. The molecule has 1 aromatic rings. The van der Waals surface area contributed by atoms with E-state index in [0.717, 1.165) is 44.3 Å². The first-order valence-corrected chi connectivity index (χ1v) is 9.59. The number of benzene rings is 1. The van der Waals surface area contributed by atoms with Crippen LogP contribution in [0.15, 0.2) is 24.3 Å². The Morgan fingerprint density at radius 1 is 1.08 bits per heavy atom. The topological polar surface area (TPSA) is 61.8 Å². The van der Waals surface area contributed by atoms with Crippen LogP contribution in [0.5, 0.6) is 5.75 Å². The van der Waals surface area contributed by atoms with Gasteiger partial charge in [0.2, 0.25) is 0 Å². The van der Waals surface area contributed by atoms with Gasteiger partial charge in [0.1, 0.15) is 5.75 Å². The molecule has 1 fully saturated rings. The molecular weight excluding hydrogens is 332 g/mol. The molecule has 0 bridgehead atoms. The maximum atomic E-state index is 12.1. The number of hydrogen-bond donors (Lipinski definition) is 0. The van der Waals surface area contributed by atoms with Gasteiger partial charge in [-0.15, -0.1) is 0 Å². The second-order valence-corrected chi connectivity index (χ2v) is 7.11. The summed E-state index contributed by atoms with van der Waals surface area (Å²) in [6, 6.07) is 7.06. The first-order chi connectivity index (χ1) is 12.5. The summed E-state index contributed by atoms with van der Waals surface area (Å²) < 4.78 is 16.4. The van der Waals surface area contributed by atoms with Crippen LogP contribution >= 0.6 is 0 Å². The molecule has 0 spiro atoms. The molecule has 1 aromatic carbocycles. The summed E-state index contributed by atoms with van der Waals surface area (Å²) in [6.45, 7) is 6.73. The van der Waals surface area contributed by atoms with Gasteiger partial charge in [-0.2, -0.15) is 0 Å². The summed E-state index contributed by atoms with van der Waals surface area (Å²) in [4.78, 5) is 24.0. The summed E-state index contributed by atoms with van der Waals surface area (Å²) in [6.07, 6.45) is 5.11. The monoisotopic (exact) mass is 362 g/mol. The van der Waals surface area contributed by atoms with E-state index < -0.39 is 5.41 Å². The zero-order chi connectivity index (χ0) is 19.0. The third-order valence-electron chi connectivity index (χ3n) is 4.93. The summed E-state index contributed by atoms with van der Waals surface area (Å²) in [5.74, 6) is 0.331. The van der Waals surface area contributed by atoms with E-state index >= 15 is 0 Å². The van der Waals surface area contributed by atoms with Crippen LogP contribution in [0.4, 0.5) is 0 Å². The summed E-state index contributed by atoms with van der Waals surface area (Å²) >= 11 is 0. The number of carbonyl (C=O) groups is 2. The van der Waals surface area contributed by atoms with Gasteiger partial charge in [0.05, 0.1) is 30.3 Å². The average Bonchev–Trinajstić information content (AvgIpc) is 2.64. The molecule has 0 amide bonds. The molecule has 0 heterocycles. The zero-order valence-electron chi connectivity index (χ0n) is 16.1. The highest BCUT2D eigenvalue weighted by atomic mass is 16.5. The lowest BCUT2D eigenvalue weighted by molar-refractivity contribution is -0.157. The Morgan fingerprint density at radius 3 is 2.31 bits per heavy atom. The highest BCUT2D eigenvalue weighted by Gasteiger charge is 2.39. The van der Waals surface area contributed by atoms with Crippen LogP contribution in [-0.4, -0.2) is 31.3 Å². The number of unbranched alkanes of at least 4 members (excludes halogenated alkanes) is 1. The molecule has 0 saturated heterocycles. The van der Waals surface area contributed by atoms with E-state index in [9.17, 15) is 9.59 Å². The van der Waals surface area contributed by atoms with Crippen molar-refractivity contribution in [2.75, 3.05) is 13.2 Å². The lowest BCUT2D eigenvalue weighted by atomic mass is 9.74. The normalized spacial score (nSPS) is 22.5. The Bertz CT molecular complexity index is 585. The Labute approximate surface area is 156 Å². The van der Waals surface area contributed by atoms with Crippen LogP contribution in [0.1, 0.15) is 69.7 Å². The van der Waals surface area contributed by atoms with E-state index in [-0.39, 0.29) is 18.0 Å². The molecule has 0 N–H and O–H groups in total. The molecule has 5 heteroatoms. The van der Waals surface area contributed by atoms with Crippen LogP contribution in [0.3, 0.4) is 0 Å². The smallest absolute Gasteiger partial charge is 0.338 e. The molecule has 144 valence electrons. The third-order valence-corrected chi connectivity index (χ3v) is 4.93. The third kappa shape index (κ3) is 5.48. The molecule has 26 heavy (non-hydrogen) atoms. The molecule has 0 radical (unpaired) electrons. The second-order valence-electron chi connectivity index (χ2n) is 7.11. The molecular formula is C21H30O5. The second kappa shape index (κ2) is 9.60. The minimum absolute atomic E-state index is 0.0832. The van der Waals surface area contributed by atoms with E-state index in [1.807, 2.05) is 13.8 Å². The quantitative estimate of drug-likeness (QED) is 0.502. The van der Waals surface area contributed by atoms with Crippen molar-refractivity contribution < 1.29 is 23.8 Å². The van der Waals surface area contributed by atoms with E-state index in [1.165, 1.54) is 0 Å². The average molecular weight is 362 g/mol. The van der Waals surface area contributed by atoms with Crippen LogP contribution in [0.25, 0.3) is 0 Å². The van der Waals surface area contributed by atoms with Crippen molar-refractivity contribution >= 4 is 11.9 Å². The molecule has 2 rings (SSSR count). The van der Waals surface area contributed by atoms with Crippen molar-refractivity contribution in [3.05, 3.63) is 29.8 Å². The minimum Gasteiger partial charge on any atom is -0.490 e. The number of ether oxygens (including phenoxy) is 3. The highest BCUT2D eigenvalue weighted by molar-refractivity contribution is 5.89. The molecule has 0 unspecified atom stereocenters. The van der Waals surface area contributed by atoms with Gasteiger partial charge in [0.25, 0.3) is 0 Å². The van der Waals surface area contributed by atoms with Crippen LogP contribution in [0.2, 0.25) is 0 Å². The van der Waals surface area contributed by atoms with Crippen molar-refractivity contribution in [3.63, 3.8) is 0 Å². The molecule has 1 saturated carbocycles. The minimum atomic E-state index is -0.401. The van der Waals surface area contributed by atoms with Crippen LogP contribution in [0, 0.1) is 5.41 Å². The predicted molar refractivity (Wildman–Crippen MR) is 99.3 cm³/mol. The Kier molecular flexibility index (Phi) is 7.49. The molecule has 5 nitrogen and oxygen atoms in total. The Morgan fingerprint density at radius 2 is 1.73 bits per heavy atom. The van der Waals surface area contributed by atoms with Gasteiger partial charge >= 0.3 is 11.9 Å². The fraction of sp³-hybridized carbons (Fsp3) is 0.619. The van der Waals surface area contributed by atoms with Gasteiger partial charge in [0.15, 0.2) is 0 Å². The Hall–Kier alpha value is -2.04. The standard InChI is InChI=1S/C21H30O5/c1-4-6-15-25-19(22)16-7-9-17(10-8-16)26-18-11-13-21(3,14-12-18)20(23)24-5-2/h7-10,18H,4-6,11-15H2,1-3H3. The van der Waals surface area contributed by atoms with Crippen molar-refractivity contribution in [1.82, 2.24) is 0 Å². The van der Waals surface area contributed by atoms with Gasteiger partial charge in [-0.25, -0.2) is 4.79 Å². The van der Waals surface area contributed by atoms with Crippen LogP contribution < -0.4 is 4.74 Å². The van der Waals surface area contributed by atoms with E-state index in [1.54, 1.807) is 24.3 Å². The summed E-state index contributed by atoms with van der Waals surface area (Å²) in [5, 5.41) is 0. The molecule has 0 aromatic heterocycles. The Balaban J connectivity index is 1.83. The molecule has 0 atom stereocenters. The molecule has 1 aliphatic carbocycles. The predicted octanol–water partition coefficient (Wildman–Crippen LogP) is 4.53. The van der Waals surface area contributed by atoms with Crippen molar-refractivity contribution in [2.24, 2.45) is 5.41 Å². The van der Waals surface area contributed by atoms with Gasteiger partial charge < -0.3 is 14.2 Å². The molecule has 1 aliphatic rings. The fourth-order valence-electron chi connectivity index (χ4n) is 3.11. The SMILES string of the molecule is CCCCOC(=O)c1ccc(OC2CCC(C)(C(=O)OCC)CC2)cc1. The number of esters is 2. The summed E-state index contributed by atoms with van der Waals surface area (Å²) in [5.41, 5.74) is 0.133. The van der Waals surface area contributed by atoms with E-state index in [0.29, 0.717) is 18.8 Å². The maximum absolute atomic E-state index is 12.1. The highest BCUT2D eigenvalue weighted by Crippen LogP contribution is 2.38. The zero-order valence-corrected chi connectivity index (χ0v) is 16.1. The number of rotatable bonds is 8.